The second kappa shape index (κ2) is 2.73. The van der Waals surface area contributed by atoms with Crippen molar-refractivity contribution in [3.63, 3.8) is 0 Å². The number of ether oxygens (including phenoxy) is 1. The molecule has 0 saturated carbocycles. The van der Waals surface area contributed by atoms with Gasteiger partial charge in [-0.2, -0.15) is 13.2 Å². The Bertz CT molecular complexity index is 396. The van der Waals surface area contributed by atoms with E-state index in [2.05, 4.69) is 4.74 Å². The lowest BCUT2D eigenvalue weighted by molar-refractivity contribution is -0.138. The van der Waals surface area contributed by atoms with Crippen molar-refractivity contribution < 1.29 is 22.7 Å². The van der Waals surface area contributed by atoms with Crippen LogP contribution < -0.4 is 0 Å². The largest absolute Gasteiger partial charge is 0.457 e. The lowest BCUT2D eigenvalue weighted by Crippen LogP contribution is -2.11. The van der Waals surface area contributed by atoms with Crippen LogP contribution in [0.25, 0.3) is 0 Å². The third-order valence-corrected chi connectivity index (χ3v) is 2.02. The molecule has 0 aliphatic carbocycles. The number of halogens is 3. The number of fused-ring (bicyclic) bond motifs is 1. The van der Waals surface area contributed by atoms with Crippen LogP contribution in [0.15, 0.2) is 18.2 Å². The smallest absolute Gasteiger partial charge is 0.417 e. The van der Waals surface area contributed by atoms with Gasteiger partial charge < -0.3 is 4.74 Å². The average Bonchev–Trinajstić information content (AvgIpc) is 2.46. The Hall–Kier alpha value is -1.52. The zero-order chi connectivity index (χ0) is 10.3. The van der Waals surface area contributed by atoms with Crippen LogP contribution in [0, 0.1) is 0 Å². The van der Waals surface area contributed by atoms with Gasteiger partial charge in [-0.05, 0) is 6.07 Å². The van der Waals surface area contributed by atoms with Crippen LogP contribution in [0.1, 0.15) is 21.5 Å². The van der Waals surface area contributed by atoms with E-state index in [0.29, 0.717) is 5.56 Å². The zero-order valence-corrected chi connectivity index (χ0v) is 6.89. The number of alkyl halides is 3. The zero-order valence-electron chi connectivity index (χ0n) is 6.89. The highest BCUT2D eigenvalue weighted by Gasteiger charge is 2.38. The molecular weight excluding hydrogens is 197 g/mol. The molecule has 0 aromatic heterocycles. The van der Waals surface area contributed by atoms with Gasteiger partial charge in [-0.1, -0.05) is 12.1 Å². The van der Waals surface area contributed by atoms with Crippen molar-refractivity contribution in [3.8, 4) is 0 Å². The van der Waals surface area contributed by atoms with E-state index in [1.807, 2.05) is 0 Å². The van der Waals surface area contributed by atoms with Gasteiger partial charge in [0.2, 0.25) is 0 Å². The van der Waals surface area contributed by atoms with Crippen LogP contribution >= 0.6 is 0 Å². The summed E-state index contributed by atoms with van der Waals surface area (Å²) in [7, 11) is 0. The third kappa shape index (κ3) is 1.25. The van der Waals surface area contributed by atoms with E-state index in [4.69, 9.17) is 0 Å². The first kappa shape index (κ1) is 9.05. The lowest BCUT2D eigenvalue weighted by Gasteiger charge is -2.08. The Morgan fingerprint density at radius 3 is 2.64 bits per heavy atom. The molecule has 1 heterocycles. The molecule has 2 rings (SSSR count). The molecule has 14 heavy (non-hydrogen) atoms. The molecule has 0 N–H and O–H groups in total. The third-order valence-electron chi connectivity index (χ3n) is 2.02. The molecule has 74 valence electrons. The van der Waals surface area contributed by atoms with Gasteiger partial charge in [-0.15, -0.1) is 0 Å². The second-order valence-electron chi connectivity index (χ2n) is 2.91. The van der Waals surface area contributed by atoms with Crippen molar-refractivity contribution in [2.24, 2.45) is 0 Å². The van der Waals surface area contributed by atoms with Crippen LogP contribution in [0.3, 0.4) is 0 Å². The molecule has 2 nitrogen and oxygen atoms in total. The topological polar surface area (TPSA) is 26.3 Å². The van der Waals surface area contributed by atoms with Crippen molar-refractivity contribution in [2.45, 2.75) is 12.8 Å². The second-order valence-corrected chi connectivity index (χ2v) is 2.91. The molecule has 0 spiro atoms. The molecule has 0 unspecified atom stereocenters. The normalized spacial score (nSPS) is 15.2. The van der Waals surface area contributed by atoms with Crippen molar-refractivity contribution in [1.29, 1.82) is 0 Å². The summed E-state index contributed by atoms with van der Waals surface area (Å²) in [6.07, 6.45) is -4.51. The van der Waals surface area contributed by atoms with Crippen LogP contribution in [0.4, 0.5) is 13.2 Å². The Morgan fingerprint density at radius 2 is 2.00 bits per heavy atom. The highest BCUT2D eigenvalue weighted by Crippen LogP contribution is 2.35. The Kier molecular flexibility index (Phi) is 1.77. The molecule has 0 radical (unpaired) electrons. The number of hydrogen-bond acceptors (Lipinski definition) is 2. The van der Waals surface area contributed by atoms with Gasteiger partial charge in [0.25, 0.3) is 0 Å². The highest BCUT2D eigenvalue weighted by molar-refractivity contribution is 5.95. The van der Waals surface area contributed by atoms with Crippen LogP contribution in [0.5, 0.6) is 0 Å². The standard InChI is InChI=1S/C9H5F3O2/c10-9(11,12)6-3-1-2-5-4-14-8(13)7(5)6/h1-3H,4H2. The average molecular weight is 202 g/mol. The number of carbonyl (C=O) groups is 1. The first-order valence-electron chi connectivity index (χ1n) is 3.86. The predicted octanol–water partition coefficient (Wildman–Crippen LogP) is 2.38. The van der Waals surface area contributed by atoms with Gasteiger partial charge in [-0.25, -0.2) is 4.79 Å². The number of cyclic esters (lactones) is 1. The summed E-state index contributed by atoms with van der Waals surface area (Å²) in [6.45, 7) is -0.0713. The van der Waals surface area contributed by atoms with E-state index in [9.17, 15) is 18.0 Å². The van der Waals surface area contributed by atoms with E-state index in [1.54, 1.807) is 0 Å². The maximum absolute atomic E-state index is 12.4. The monoisotopic (exact) mass is 202 g/mol. The van der Waals surface area contributed by atoms with Crippen molar-refractivity contribution in [3.05, 3.63) is 34.9 Å². The van der Waals surface area contributed by atoms with E-state index in [0.717, 1.165) is 6.07 Å². The minimum atomic E-state index is -4.51. The van der Waals surface area contributed by atoms with Gasteiger partial charge in [0.15, 0.2) is 0 Å². The summed E-state index contributed by atoms with van der Waals surface area (Å²) in [6, 6.07) is 3.60. The first-order chi connectivity index (χ1) is 6.50. The minimum absolute atomic E-state index is 0.0713. The maximum atomic E-state index is 12.4. The summed E-state index contributed by atoms with van der Waals surface area (Å²) < 4.78 is 41.7. The molecule has 1 aromatic rings. The molecule has 1 aromatic carbocycles. The van der Waals surface area contributed by atoms with Crippen molar-refractivity contribution >= 4 is 5.97 Å². The molecular formula is C9H5F3O2. The van der Waals surface area contributed by atoms with Gasteiger partial charge in [0.1, 0.15) is 6.61 Å². The lowest BCUT2D eigenvalue weighted by atomic mass is 10.0. The van der Waals surface area contributed by atoms with Crippen LogP contribution in [-0.4, -0.2) is 5.97 Å². The molecule has 1 aliphatic rings. The number of benzene rings is 1. The number of hydrogen-bond donors (Lipinski definition) is 0. The minimum Gasteiger partial charge on any atom is -0.457 e. The van der Waals surface area contributed by atoms with Gasteiger partial charge in [0.05, 0.1) is 11.1 Å². The fraction of sp³-hybridized carbons (Fsp3) is 0.222. The van der Waals surface area contributed by atoms with E-state index < -0.39 is 17.7 Å². The van der Waals surface area contributed by atoms with Crippen molar-refractivity contribution in [2.75, 3.05) is 0 Å². The quantitative estimate of drug-likeness (QED) is 0.603. The fourth-order valence-corrected chi connectivity index (χ4v) is 1.41. The molecule has 0 atom stereocenters. The van der Waals surface area contributed by atoms with Crippen molar-refractivity contribution in [1.82, 2.24) is 0 Å². The summed E-state index contributed by atoms with van der Waals surface area (Å²) in [4.78, 5) is 11.0. The summed E-state index contributed by atoms with van der Waals surface area (Å²) >= 11 is 0. The molecule has 1 aliphatic heterocycles. The Labute approximate surface area is 77.3 Å². The van der Waals surface area contributed by atoms with Crippen LogP contribution in [0.2, 0.25) is 0 Å². The van der Waals surface area contributed by atoms with Gasteiger partial charge in [-0.3, -0.25) is 0 Å². The number of esters is 1. The van der Waals surface area contributed by atoms with E-state index in [-0.39, 0.29) is 12.2 Å². The maximum Gasteiger partial charge on any atom is 0.417 e. The molecule has 0 amide bonds. The molecule has 5 heteroatoms. The fourth-order valence-electron chi connectivity index (χ4n) is 1.41. The SMILES string of the molecule is O=C1OCc2cccc(C(F)(F)F)c21. The Balaban J connectivity index is 2.64. The summed E-state index contributed by atoms with van der Waals surface area (Å²) in [5, 5.41) is 0. The molecule has 0 bridgehead atoms. The number of carbonyl (C=O) groups excluding carboxylic acids is 1. The van der Waals surface area contributed by atoms with Gasteiger partial charge in [0, 0.05) is 5.56 Å². The predicted molar refractivity (Wildman–Crippen MR) is 40.6 cm³/mol. The summed E-state index contributed by atoms with van der Waals surface area (Å²) in [5.74, 6) is -0.895. The van der Waals surface area contributed by atoms with E-state index in [1.165, 1.54) is 12.1 Å². The molecule has 0 saturated heterocycles. The van der Waals surface area contributed by atoms with Gasteiger partial charge >= 0.3 is 12.1 Å². The first-order valence-corrected chi connectivity index (χ1v) is 3.86. The Morgan fingerprint density at radius 1 is 1.29 bits per heavy atom. The van der Waals surface area contributed by atoms with Crippen LogP contribution in [-0.2, 0) is 17.5 Å². The highest BCUT2D eigenvalue weighted by atomic mass is 19.4. The molecule has 0 fully saturated rings. The summed E-state index contributed by atoms with van der Waals surface area (Å²) in [5.41, 5.74) is -0.970. The number of rotatable bonds is 0. The van der Waals surface area contributed by atoms with E-state index >= 15 is 0 Å².